The second-order valence-electron chi connectivity index (χ2n) is 2.36. The van der Waals surface area contributed by atoms with Crippen LogP contribution in [-0.2, 0) is 6.54 Å². The van der Waals surface area contributed by atoms with Gasteiger partial charge >= 0.3 is 0 Å². The number of hydrogen-bond acceptors (Lipinski definition) is 3. The number of nitro benzene ring substituents is 1. The summed E-state index contributed by atoms with van der Waals surface area (Å²) in [6, 6.07) is 3.32. The molecule has 1 rings (SSSR count). The number of nitrogens with zero attached hydrogens (tertiary/aromatic N) is 1. The SMILES string of the molecule is NCc1cc(I)cc([N+](=O)[O-])c1Br. The van der Waals surface area contributed by atoms with Crippen LogP contribution in [0.1, 0.15) is 5.56 Å². The van der Waals surface area contributed by atoms with Gasteiger partial charge in [-0.2, -0.15) is 0 Å². The molecule has 0 spiro atoms. The van der Waals surface area contributed by atoms with E-state index in [1.54, 1.807) is 0 Å². The molecule has 0 atom stereocenters. The van der Waals surface area contributed by atoms with Crippen LogP contribution < -0.4 is 5.73 Å². The lowest BCUT2D eigenvalue weighted by Gasteiger charge is -2.02. The zero-order valence-electron chi connectivity index (χ0n) is 6.46. The second kappa shape index (κ2) is 4.34. The normalized spacial score (nSPS) is 10.1. The summed E-state index contributed by atoms with van der Waals surface area (Å²) in [5.74, 6) is 0. The first-order valence-corrected chi connectivity index (χ1v) is 5.25. The number of benzene rings is 1. The highest BCUT2D eigenvalue weighted by molar-refractivity contribution is 14.1. The number of hydrogen-bond donors (Lipinski definition) is 1. The Balaban J connectivity index is 3.35. The highest BCUT2D eigenvalue weighted by Gasteiger charge is 2.15. The smallest absolute Gasteiger partial charge is 0.284 e. The van der Waals surface area contributed by atoms with Gasteiger partial charge in [-0.25, -0.2) is 0 Å². The summed E-state index contributed by atoms with van der Waals surface area (Å²) < 4.78 is 1.29. The van der Waals surface area contributed by atoms with Crippen molar-refractivity contribution < 1.29 is 4.92 Å². The van der Waals surface area contributed by atoms with E-state index in [4.69, 9.17) is 5.73 Å². The van der Waals surface area contributed by atoms with Crippen LogP contribution in [0.25, 0.3) is 0 Å². The van der Waals surface area contributed by atoms with Crippen molar-refractivity contribution in [3.8, 4) is 0 Å². The van der Waals surface area contributed by atoms with Crippen LogP contribution in [0, 0.1) is 13.7 Å². The molecule has 0 fully saturated rings. The van der Waals surface area contributed by atoms with E-state index in [1.807, 2.05) is 28.7 Å². The molecule has 0 bridgehead atoms. The molecule has 70 valence electrons. The van der Waals surface area contributed by atoms with Gasteiger partial charge in [0.25, 0.3) is 5.69 Å². The second-order valence-corrected chi connectivity index (χ2v) is 4.40. The van der Waals surface area contributed by atoms with Crippen LogP contribution >= 0.6 is 38.5 Å². The lowest BCUT2D eigenvalue weighted by atomic mass is 10.2. The van der Waals surface area contributed by atoms with Crippen LogP contribution in [0.2, 0.25) is 0 Å². The Bertz CT molecular complexity index is 357. The third kappa shape index (κ3) is 2.38. The summed E-state index contributed by atoms with van der Waals surface area (Å²) in [4.78, 5) is 10.1. The molecule has 0 saturated carbocycles. The van der Waals surface area contributed by atoms with Gasteiger partial charge in [-0.1, -0.05) is 0 Å². The van der Waals surface area contributed by atoms with Gasteiger partial charge in [-0.05, 0) is 50.2 Å². The average molecular weight is 357 g/mol. The molecule has 0 amide bonds. The molecule has 6 heteroatoms. The summed E-state index contributed by atoms with van der Waals surface area (Å²) in [5, 5.41) is 10.6. The van der Waals surface area contributed by atoms with Gasteiger partial charge in [0.2, 0.25) is 0 Å². The third-order valence-electron chi connectivity index (χ3n) is 1.51. The fraction of sp³-hybridized carbons (Fsp3) is 0.143. The molecule has 0 radical (unpaired) electrons. The van der Waals surface area contributed by atoms with Crippen molar-refractivity contribution in [3.63, 3.8) is 0 Å². The molecule has 0 heterocycles. The van der Waals surface area contributed by atoms with Gasteiger partial charge in [0.15, 0.2) is 0 Å². The molecule has 0 unspecified atom stereocenters. The van der Waals surface area contributed by atoms with E-state index < -0.39 is 4.92 Å². The van der Waals surface area contributed by atoms with Crippen molar-refractivity contribution in [3.05, 3.63) is 35.9 Å². The van der Waals surface area contributed by atoms with Crippen LogP contribution in [0.5, 0.6) is 0 Å². The Kier molecular flexibility index (Phi) is 3.63. The van der Waals surface area contributed by atoms with E-state index in [1.165, 1.54) is 6.07 Å². The highest BCUT2D eigenvalue weighted by Crippen LogP contribution is 2.30. The molecule has 2 N–H and O–H groups in total. The van der Waals surface area contributed by atoms with Gasteiger partial charge in [0.05, 0.1) is 9.40 Å². The van der Waals surface area contributed by atoms with E-state index in [2.05, 4.69) is 15.9 Å². The first-order chi connectivity index (χ1) is 6.06. The summed E-state index contributed by atoms with van der Waals surface area (Å²) >= 11 is 5.17. The number of nitro groups is 1. The molecular formula is C7H6BrIN2O2. The molecular weight excluding hydrogens is 351 g/mol. The minimum atomic E-state index is -0.425. The standard InChI is InChI=1S/C7H6BrIN2O2/c8-7-4(3-10)1-5(9)2-6(7)11(12)13/h1-2H,3,10H2. The zero-order valence-corrected chi connectivity index (χ0v) is 10.2. The molecule has 0 aromatic heterocycles. The predicted octanol–water partition coefficient (Wildman–Crippen LogP) is 2.42. The third-order valence-corrected chi connectivity index (χ3v) is 3.05. The molecule has 0 aliphatic heterocycles. The van der Waals surface area contributed by atoms with Crippen LogP contribution in [0.3, 0.4) is 0 Å². The number of nitrogens with two attached hydrogens (primary N) is 1. The van der Waals surface area contributed by atoms with E-state index in [9.17, 15) is 10.1 Å². The molecule has 4 nitrogen and oxygen atoms in total. The number of rotatable bonds is 2. The lowest BCUT2D eigenvalue weighted by Crippen LogP contribution is -2.00. The van der Waals surface area contributed by atoms with Gasteiger partial charge in [-0.3, -0.25) is 10.1 Å². The van der Waals surface area contributed by atoms with E-state index in [0.29, 0.717) is 4.47 Å². The molecule has 1 aromatic carbocycles. The Morgan fingerprint density at radius 1 is 1.62 bits per heavy atom. The maximum atomic E-state index is 10.6. The highest BCUT2D eigenvalue weighted by atomic mass is 127. The maximum Gasteiger partial charge on any atom is 0.284 e. The number of halogens is 2. The summed E-state index contributed by atoms with van der Waals surface area (Å²) in [6.07, 6.45) is 0. The minimum Gasteiger partial charge on any atom is -0.326 e. The van der Waals surface area contributed by atoms with E-state index >= 15 is 0 Å². The monoisotopic (exact) mass is 356 g/mol. The van der Waals surface area contributed by atoms with Crippen LogP contribution in [0.15, 0.2) is 16.6 Å². The van der Waals surface area contributed by atoms with Gasteiger partial charge in [-0.15, -0.1) is 0 Å². The van der Waals surface area contributed by atoms with Gasteiger partial charge in [0.1, 0.15) is 0 Å². The van der Waals surface area contributed by atoms with E-state index in [0.717, 1.165) is 9.13 Å². The van der Waals surface area contributed by atoms with E-state index in [-0.39, 0.29) is 12.2 Å². The molecule has 0 aliphatic carbocycles. The summed E-state index contributed by atoms with van der Waals surface area (Å²) in [5.41, 5.74) is 6.24. The fourth-order valence-corrected chi connectivity index (χ4v) is 2.12. The zero-order chi connectivity index (χ0) is 10.0. The Hall–Kier alpha value is -0.210. The summed E-state index contributed by atoms with van der Waals surface area (Å²) in [7, 11) is 0. The Morgan fingerprint density at radius 3 is 2.69 bits per heavy atom. The maximum absolute atomic E-state index is 10.6. The molecule has 0 aliphatic rings. The average Bonchev–Trinajstić information content (AvgIpc) is 2.08. The quantitative estimate of drug-likeness (QED) is 0.502. The molecule has 0 saturated heterocycles. The minimum absolute atomic E-state index is 0.0624. The van der Waals surface area contributed by atoms with Crippen molar-refractivity contribution in [2.45, 2.75) is 6.54 Å². The van der Waals surface area contributed by atoms with Gasteiger partial charge < -0.3 is 5.73 Å². The first-order valence-electron chi connectivity index (χ1n) is 3.38. The van der Waals surface area contributed by atoms with Crippen molar-refractivity contribution in [2.75, 3.05) is 0 Å². The Labute approximate surface area is 96.9 Å². The molecule has 1 aromatic rings. The predicted molar refractivity (Wildman–Crippen MR) is 61.4 cm³/mol. The van der Waals surface area contributed by atoms with Crippen molar-refractivity contribution in [1.29, 1.82) is 0 Å². The topological polar surface area (TPSA) is 69.2 Å². The van der Waals surface area contributed by atoms with Crippen molar-refractivity contribution in [2.24, 2.45) is 5.73 Å². The summed E-state index contributed by atoms with van der Waals surface area (Å²) in [6.45, 7) is 0.290. The largest absolute Gasteiger partial charge is 0.326 e. The van der Waals surface area contributed by atoms with Crippen LogP contribution in [-0.4, -0.2) is 4.92 Å². The molecule has 13 heavy (non-hydrogen) atoms. The first kappa shape index (κ1) is 10.9. The van der Waals surface area contributed by atoms with Crippen molar-refractivity contribution in [1.82, 2.24) is 0 Å². The van der Waals surface area contributed by atoms with Crippen LogP contribution in [0.4, 0.5) is 5.69 Å². The fourth-order valence-electron chi connectivity index (χ4n) is 0.911. The van der Waals surface area contributed by atoms with Crippen molar-refractivity contribution >= 4 is 44.2 Å². The Morgan fingerprint density at radius 2 is 2.23 bits per heavy atom. The lowest BCUT2D eigenvalue weighted by molar-refractivity contribution is -0.385. The van der Waals surface area contributed by atoms with Gasteiger partial charge in [0, 0.05) is 16.2 Å².